The molecule has 154 valence electrons. The third kappa shape index (κ3) is 5.07. The Kier molecular flexibility index (Phi) is 6.87. The maximum absolute atomic E-state index is 12.1. The predicted octanol–water partition coefficient (Wildman–Crippen LogP) is 4.55. The molecule has 3 rings (SSSR count). The van der Waals surface area contributed by atoms with Crippen LogP contribution in [0.5, 0.6) is 5.75 Å². The van der Waals surface area contributed by atoms with E-state index in [9.17, 15) is 9.59 Å². The number of nitrogens with zero attached hydrogens (tertiary/aromatic N) is 1. The molecule has 0 bridgehead atoms. The number of furan rings is 1. The van der Waals surface area contributed by atoms with E-state index in [0.717, 1.165) is 0 Å². The molecule has 2 aromatic carbocycles. The molecule has 0 radical (unpaired) electrons. The minimum atomic E-state index is -0.502. The van der Waals surface area contributed by atoms with Crippen LogP contribution in [-0.4, -0.2) is 31.8 Å². The fraction of sp³-hybridized carbons (Fsp3) is 0.136. The lowest BCUT2D eigenvalue weighted by molar-refractivity contribution is 0.0526. The summed E-state index contributed by atoms with van der Waals surface area (Å²) in [6, 6.07) is 15.1. The first-order valence-electron chi connectivity index (χ1n) is 9.06. The van der Waals surface area contributed by atoms with Crippen LogP contribution in [0.25, 0.3) is 11.3 Å². The molecule has 3 aromatic rings. The Hall–Kier alpha value is -3.58. The number of rotatable bonds is 7. The van der Waals surface area contributed by atoms with Gasteiger partial charge in [0, 0.05) is 11.1 Å². The van der Waals surface area contributed by atoms with Gasteiger partial charge in [-0.2, -0.15) is 5.10 Å². The van der Waals surface area contributed by atoms with Crippen molar-refractivity contribution in [1.29, 1.82) is 0 Å². The zero-order chi connectivity index (χ0) is 21.5. The van der Waals surface area contributed by atoms with E-state index in [2.05, 4.69) is 10.5 Å². The molecule has 1 heterocycles. The number of nitrogens with one attached hydrogen (secondary N) is 1. The van der Waals surface area contributed by atoms with Gasteiger partial charge in [-0.1, -0.05) is 17.7 Å². The second kappa shape index (κ2) is 9.76. The van der Waals surface area contributed by atoms with Crippen molar-refractivity contribution in [2.24, 2.45) is 5.10 Å². The van der Waals surface area contributed by atoms with E-state index in [1.165, 1.54) is 13.3 Å². The molecule has 0 aliphatic rings. The highest BCUT2D eigenvalue weighted by Crippen LogP contribution is 2.27. The van der Waals surface area contributed by atoms with E-state index in [0.29, 0.717) is 33.4 Å². The van der Waals surface area contributed by atoms with Crippen molar-refractivity contribution in [2.45, 2.75) is 6.92 Å². The van der Waals surface area contributed by atoms with E-state index < -0.39 is 5.97 Å². The molecule has 0 saturated carbocycles. The van der Waals surface area contributed by atoms with Crippen molar-refractivity contribution in [3.8, 4) is 17.1 Å². The molecule has 0 atom stereocenters. The number of carbonyl (C=O) groups excluding carboxylic acids is 2. The number of ether oxygens (including phenoxy) is 2. The number of halogens is 1. The van der Waals surface area contributed by atoms with E-state index in [-0.39, 0.29) is 18.1 Å². The number of methoxy groups -OCH3 is 1. The first-order valence-corrected chi connectivity index (χ1v) is 9.44. The molecule has 0 saturated heterocycles. The van der Waals surface area contributed by atoms with Crippen molar-refractivity contribution in [3.05, 3.63) is 76.5 Å². The Morgan fingerprint density at radius 2 is 2.00 bits per heavy atom. The van der Waals surface area contributed by atoms with Crippen LogP contribution >= 0.6 is 11.6 Å². The molecular weight excluding hydrogens is 408 g/mol. The van der Waals surface area contributed by atoms with Gasteiger partial charge >= 0.3 is 5.97 Å². The summed E-state index contributed by atoms with van der Waals surface area (Å²) in [5, 5.41) is 4.21. The van der Waals surface area contributed by atoms with Crippen LogP contribution in [0, 0.1) is 0 Å². The van der Waals surface area contributed by atoms with Gasteiger partial charge in [0.2, 0.25) is 0 Å². The highest BCUT2D eigenvalue weighted by atomic mass is 35.5. The molecule has 0 fully saturated rings. The molecule has 0 unspecified atom stereocenters. The highest BCUT2D eigenvalue weighted by molar-refractivity contribution is 6.33. The largest absolute Gasteiger partial charge is 0.497 e. The average molecular weight is 427 g/mol. The number of hydrogen-bond donors (Lipinski definition) is 1. The van der Waals surface area contributed by atoms with Crippen LogP contribution in [0.4, 0.5) is 0 Å². The molecule has 0 spiro atoms. The fourth-order valence-electron chi connectivity index (χ4n) is 2.60. The fourth-order valence-corrected chi connectivity index (χ4v) is 2.80. The molecule has 8 heteroatoms. The van der Waals surface area contributed by atoms with Crippen molar-refractivity contribution in [1.82, 2.24) is 5.43 Å². The normalized spacial score (nSPS) is 10.8. The van der Waals surface area contributed by atoms with Crippen LogP contribution in [0.2, 0.25) is 5.02 Å². The zero-order valence-corrected chi connectivity index (χ0v) is 17.1. The maximum Gasteiger partial charge on any atom is 0.339 e. The molecule has 7 nitrogen and oxygen atoms in total. The van der Waals surface area contributed by atoms with Crippen LogP contribution < -0.4 is 10.2 Å². The van der Waals surface area contributed by atoms with Crippen molar-refractivity contribution in [2.75, 3.05) is 13.7 Å². The van der Waals surface area contributed by atoms with Crippen molar-refractivity contribution in [3.63, 3.8) is 0 Å². The van der Waals surface area contributed by atoms with Crippen LogP contribution in [0.1, 0.15) is 33.4 Å². The molecule has 30 heavy (non-hydrogen) atoms. The van der Waals surface area contributed by atoms with Gasteiger partial charge < -0.3 is 13.9 Å². The van der Waals surface area contributed by atoms with Gasteiger partial charge in [-0.15, -0.1) is 0 Å². The molecular formula is C22H19ClN2O5. The minimum absolute atomic E-state index is 0.252. The topological polar surface area (TPSA) is 90.1 Å². The van der Waals surface area contributed by atoms with Gasteiger partial charge in [0.25, 0.3) is 5.91 Å². The number of amides is 1. The SMILES string of the molecule is CCOC(=O)c1cc(-c2ccc(/C=N\NC(=O)c3cccc(OC)c3)o2)ccc1Cl. The van der Waals surface area contributed by atoms with Crippen LogP contribution in [0.15, 0.2) is 64.1 Å². The first-order chi connectivity index (χ1) is 14.5. The number of hydrogen-bond acceptors (Lipinski definition) is 6. The van der Waals surface area contributed by atoms with Crippen molar-refractivity contribution >= 4 is 29.7 Å². The Bertz CT molecular complexity index is 1090. The van der Waals surface area contributed by atoms with Crippen LogP contribution in [0.3, 0.4) is 0 Å². The summed E-state index contributed by atoms with van der Waals surface area (Å²) in [5.41, 5.74) is 3.76. The molecule has 1 amide bonds. The monoisotopic (exact) mass is 426 g/mol. The number of esters is 1. The molecule has 1 N–H and O–H groups in total. The Labute approximate surface area is 178 Å². The molecule has 1 aromatic heterocycles. The van der Waals surface area contributed by atoms with E-state index in [1.807, 2.05) is 0 Å². The number of carbonyl (C=O) groups is 2. The zero-order valence-electron chi connectivity index (χ0n) is 16.3. The summed E-state index contributed by atoms with van der Waals surface area (Å²) >= 11 is 6.09. The number of hydrazone groups is 1. The highest BCUT2D eigenvalue weighted by Gasteiger charge is 2.14. The van der Waals surface area contributed by atoms with Gasteiger partial charge in [0.1, 0.15) is 17.3 Å². The lowest BCUT2D eigenvalue weighted by Crippen LogP contribution is -2.17. The average Bonchev–Trinajstić information content (AvgIpc) is 3.23. The summed E-state index contributed by atoms with van der Waals surface area (Å²) in [4.78, 5) is 24.2. The van der Waals surface area contributed by atoms with Gasteiger partial charge in [-0.3, -0.25) is 4.79 Å². The van der Waals surface area contributed by atoms with Gasteiger partial charge in [-0.25, -0.2) is 10.2 Å². The standard InChI is InChI=1S/C22H19ClN2O5/c1-3-29-22(27)18-12-14(7-9-19(18)23)20-10-8-17(30-20)13-24-25-21(26)15-5-4-6-16(11-15)28-2/h4-13H,3H2,1-2H3,(H,25,26)/b24-13-. The Morgan fingerprint density at radius 1 is 1.17 bits per heavy atom. The van der Waals surface area contributed by atoms with E-state index >= 15 is 0 Å². The predicted molar refractivity (Wildman–Crippen MR) is 113 cm³/mol. The summed E-state index contributed by atoms with van der Waals surface area (Å²) in [7, 11) is 1.53. The number of benzene rings is 2. The van der Waals surface area contributed by atoms with Gasteiger partial charge in [-0.05, 0) is 55.5 Å². The van der Waals surface area contributed by atoms with E-state index in [4.69, 9.17) is 25.5 Å². The smallest absolute Gasteiger partial charge is 0.339 e. The molecule has 0 aliphatic heterocycles. The Balaban J connectivity index is 1.70. The lowest BCUT2D eigenvalue weighted by atomic mass is 10.1. The van der Waals surface area contributed by atoms with E-state index in [1.54, 1.807) is 61.5 Å². The summed E-state index contributed by atoms with van der Waals surface area (Å²) in [6.07, 6.45) is 1.38. The minimum Gasteiger partial charge on any atom is -0.497 e. The second-order valence-corrected chi connectivity index (χ2v) is 6.46. The maximum atomic E-state index is 12.1. The lowest BCUT2D eigenvalue weighted by Gasteiger charge is -2.05. The third-order valence-corrected chi connectivity index (χ3v) is 4.39. The van der Waals surface area contributed by atoms with Gasteiger partial charge in [0.15, 0.2) is 0 Å². The summed E-state index contributed by atoms with van der Waals surface area (Å²) in [5.74, 6) is 0.625. The quantitative estimate of drug-likeness (QED) is 0.340. The van der Waals surface area contributed by atoms with Crippen LogP contribution in [-0.2, 0) is 4.74 Å². The second-order valence-electron chi connectivity index (χ2n) is 6.05. The first kappa shape index (κ1) is 21.1. The van der Waals surface area contributed by atoms with Gasteiger partial charge in [0.05, 0.1) is 30.5 Å². The summed E-state index contributed by atoms with van der Waals surface area (Å²) < 4.78 is 15.8. The Morgan fingerprint density at radius 3 is 2.77 bits per heavy atom. The third-order valence-electron chi connectivity index (χ3n) is 4.06. The molecule has 0 aliphatic carbocycles. The van der Waals surface area contributed by atoms with Crippen molar-refractivity contribution < 1.29 is 23.5 Å². The summed E-state index contributed by atoms with van der Waals surface area (Å²) in [6.45, 7) is 1.98.